The van der Waals surface area contributed by atoms with Gasteiger partial charge in [-0.2, -0.15) is 5.26 Å². The summed E-state index contributed by atoms with van der Waals surface area (Å²) in [4.78, 5) is 1.74. The van der Waals surface area contributed by atoms with Crippen LogP contribution in [-0.2, 0) is 6.42 Å². The molecule has 0 aliphatic carbocycles. The molecule has 0 saturated heterocycles. The van der Waals surface area contributed by atoms with Crippen molar-refractivity contribution in [3.63, 3.8) is 0 Å². The quantitative estimate of drug-likeness (QED) is 0.872. The normalized spacial score (nSPS) is 10.2. The summed E-state index contributed by atoms with van der Waals surface area (Å²) in [5, 5.41) is 9.01. The van der Waals surface area contributed by atoms with E-state index in [0.29, 0.717) is 10.6 Å². The van der Waals surface area contributed by atoms with Crippen molar-refractivity contribution in [2.45, 2.75) is 20.3 Å². The number of hydrogen-bond acceptors (Lipinski definition) is 3. The van der Waals surface area contributed by atoms with Gasteiger partial charge in [-0.15, -0.1) is 11.3 Å². The first-order chi connectivity index (χ1) is 8.19. The molecule has 0 aliphatic heterocycles. The molecule has 0 fully saturated rings. The second-order valence-electron chi connectivity index (χ2n) is 3.92. The van der Waals surface area contributed by atoms with Crippen molar-refractivity contribution in [2.24, 2.45) is 0 Å². The smallest absolute Gasteiger partial charge is 0.128 e. The van der Waals surface area contributed by atoms with Crippen LogP contribution in [0.3, 0.4) is 0 Å². The number of rotatable bonds is 2. The highest BCUT2D eigenvalue weighted by molar-refractivity contribution is 7.16. The predicted molar refractivity (Wildman–Crippen MR) is 73.0 cm³/mol. The topological polar surface area (TPSA) is 49.8 Å². The van der Waals surface area contributed by atoms with Gasteiger partial charge in [-0.25, -0.2) is 0 Å². The average Bonchev–Trinajstić information content (AvgIpc) is 2.66. The summed E-state index contributed by atoms with van der Waals surface area (Å²) in [5.74, 6) is 0. The molecule has 1 aromatic heterocycles. The van der Waals surface area contributed by atoms with E-state index in [-0.39, 0.29) is 0 Å². The molecule has 0 saturated carbocycles. The van der Waals surface area contributed by atoms with Gasteiger partial charge in [-0.3, -0.25) is 0 Å². The van der Waals surface area contributed by atoms with E-state index >= 15 is 0 Å². The highest BCUT2D eigenvalue weighted by atomic mass is 32.1. The van der Waals surface area contributed by atoms with Crippen LogP contribution >= 0.6 is 11.3 Å². The average molecular weight is 242 g/mol. The van der Waals surface area contributed by atoms with Crippen LogP contribution in [0.2, 0.25) is 0 Å². The van der Waals surface area contributed by atoms with Crippen LogP contribution in [0, 0.1) is 18.3 Å². The van der Waals surface area contributed by atoms with Crippen LogP contribution < -0.4 is 5.73 Å². The fourth-order valence-corrected chi connectivity index (χ4v) is 3.00. The van der Waals surface area contributed by atoms with E-state index in [4.69, 9.17) is 11.0 Å². The van der Waals surface area contributed by atoms with E-state index in [1.165, 1.54) is 22.5 Å². The Hall–Kier alpha value is -1.79. The SMILES string of the molecule is CCc1ccccc1-c1sc(C#N)c(N)c1C. The molecule has 0 atom stereocenters. The van der Waals surface area contributed by atoms with Gasteiger partial charge in [0, 0.05) is 4.88 Å². The number of anilines is 1. The van der Waals surface area contributed by atoms with Gasteiger partial charge in [0.1, 0.15) is 10.9 Å². The summed E-state index contributed by atoms with van der Waals surface area (Å²) in [6.45, 7) is 4.12. The fourth-order valence-electron chi connectivity index (χ4n) is 1.92. The van der Waals surface area contributed by atoms with E-state index in [1.807, 2.05) is 19.1 Å². The lowest BCUT2D eigenvalue weighted by molar-refractivity contribution is 1.14. The van der Waals surface area contributed by atoms with Crippen LogP contribution in [0.15, 0.2) is 24.3 Å². The molecule has 2 N–H and O–H groups in total. The largest absolute Gasteiger partial charge is 0.397 e. The van der Waals surface area contributed by atoms with Crippen LogP contribution in [0.25, 0.3) is 10.4 Å². The molecule has 17 heavy (non-hydrogen) atoms. The lowest BCUT2D eigenvalue weighted by atomic mass is 10.0. The Morgan fingerprint density at radius 1 is 1.35 bits per heavy atom. The Labute approximate surface area is 105 Å². The number of nitrogen functional groups attached to an aromatic ring is 1. The minimum atomic E-state index is 0.614. The Balaban J connectivity index is 2.65. The number of benzene rings is 1. The summed E-state index contributed by atoms with van der Waals surface area (Å²) in [5.41, 5.74) is 10.1. The maximum atomic E-state index is 9.01. The molecule has 1 heterocycles. The molecule has 2 rings (SSSR count). The highest BCUT2D eigenvalue weighted by Crippen LogP contribution is 2.39. The molecule has 0 bridgehead atoms. The molecule has 86 valence electrons. The zero-order valence-corrected chi connectivity index (χ0v) is 10.8. The second-order valence-corrected chi connectivity index (χ2v) is 4.94. The molecule has 0 radical (unpaired) electrons. The van der Waals surface area contributed by atoms with Crippen molar-refractivity contribution in [3.05, 3.63) is 40.3 Å². The van der Waals surface area contributed by atoms with Gasteiger partial charge < -0.3 is 5.73 Å². The van der Waals surface area contributed by atoms with Gasteiger partial charge in [-0.1, -0.05) is 31.2 Å². The summed E-state index contributed by atoms with van der Waals surface area (Å²) in [7, 11) is 0. The lowest BCUT2D eigenvalue weighted by Crippen LogP contribution is -1.89. The number of nitrogens with two attached hydrogens (primary N) is 1. The van der Waals surface area contributed by atoms with Gasteiger partial charge in [-0.05, 0) is 30.0 Å². The summed E-state index contributed by atoms with van der Waals surface area (Å²) >= 11 is 1.48. The lowest BCUT2D eigenvalue weighted by Gasteiger charge is -2.06. The fraction of sp³-hybridized carbons (Fsp3) is 0.214. The van der Waals surface area contributed by atoms with Gasteiger partial charge in [0.2, 0.25) is 0 Å². The molecule has 1 aromatic carbocycles. The first-order valence-corrected chi connectivity index (χ1v) is 6.38. The van der Waals surface area contributed by atoms with Crippen molar-refractivity contribution in [1.82, 2.24) is 0 Å². The first kappa shape index (κ1) is 11.7. The minimum absolute atomic E-state index is 0.614. The maximum absolute atomic E-state index is 9.01. The zero-order valence-electron chi connectivity index (χ0n) is 9.95. The van der Waals surface area contributed by atoms with Crippen molar-refractivity contribution in [3.8, 4) is 16.5 Å². The molecule has 0 amide bonds. The van der Waals surface area contributed by atoms with Crippen LogP contribution in [0.5, 0.6) is 0 Å². The highest BCUT2D eigenvalue weighted by Gasteiger charge is 2.15. The Morgan fingerprint density at radius 2 is 2.06 bits per heavy atom. The van der Waals surface area contributed by atoms with Gasteiger partial charge in [0.25, 0.3) is 0 Å². The third-order valence-corrected chi connectivity index (χ3v) is 4.18. The molecule has 0 unspecified atom stereocenters. The van der Waals surface area contributed by atoms with Crippen molar-refractivity contribution in [1.29, 1.82) is 5.26 Å². The van der Waals surface area contributed by atoms with Gasteiger partial charge in [0.05, 0.1) is 5.69 Å². The van der Waals surface area contributed by atoms with Crippen molar-refractivity contribution >= 4 is 17.0 Å². The van der Waals surface area contributed by atoms with Gasteiger partial charge >= 0.3 is 0 Å². The standard InChI is InChI=1S/C14H14N2S/c1-3-10-6-4-5-7-11(10)14-9(2)13(16)12(8-15)17-14/h4-7H,3,16H2,1-2H3. The second kappa shape index (κ2) is 4.60. The van der Waals surface area contributed by atoms with Crippen LogP contribution in [0.4, 0.5) is 5.69 Å². The number of hydrogen-bond donors (Lipinski definition) is 1. The van der Waals surface area contributed by atoms with E-state index in [1.54, 1.807) is 0 Å². The maximum Gasteiger partial charge on any atom is 0.128 e. The van der Waals surface area contributed by atoms with Crippen LogP contribution in [-0.4, -0.2) is 0 Å². The summed E-state index contributed by atoms with van der Waals surface area (Å²) in [6, 6.07) is 10.4. The molecular formula is C14H14N2S. The van der Waals surface area contributed by atoms with Crippen LogP contribution in [0.1, 0.15) is 22.9 Å². The Kier molecular flexibility index (Phi) is 3.16. The van der Waals surface area contributed by atoms with Gasteiger partial charge in [0.15, 0.2) is 0 Å². The predicted octanol–water partition coefficient (Wildman–Crippen LogP) is 3.74. The number of thiophene rings is 1. The van der Waals surface area contributed by atoms with E-state index in [0.717, 1.165) is 16.9 Å². The monoisotopic (exact) mass is 242 g/mol. The van der Waals surface area contributed by atoms with Crippen molar-refractivity contribution in [2.75, 3.05) is 5.73 Å². The molecular weight excluding hydrogens is 228 g/mol. The molecule has 2 nitrogen and oxygen atoms in total. The van der Waals surface area contributed by atoms with E-state index < -0.39 is 0 Å². The van der Waals surface area contributed by atoms with E-state index in [9.17, 15) is 0 Å². The first-order valence-electron chi connectivity index (χ1n) is 5.56. The third kappa shape index (κ3) is 1.92. The molecule has 0 spiro atoms. The minimum Gasteiger partial charge on any atom is -0.397 e. The number of nitrogens with zero attached hydrogens (tertiary/aromatic N) is 1. The van der Waals surface area contributed by atoms with Crippen molar-refractivity contribution < 1.29 is 0 Å². The molecule has 0 aliphatic rings. The zero-order chi connectivity index (χ0) is 12.4. The molecule has 2 aromatic rings. The third-order valence-electron chi connectivity index (χ3n) is 2.94. The summed E-state index contributed by atoms with van der Waals surface area (Å²) in [6.07, 6.45) is 0.981. The number of nitriles is 1. The Bertz CT molecular complexity index is 591. The van der Waals surface area contributed by atoms with E-state index in [2.05, 4.69) is 25.1 Å². The molecule has 3 heteroatoms. The summed E-state index contributed by atoms with van der Waals surface area (Å²) < 4.78 is 0. The Morgan fingerprint density at radius 3 is 2.65 bits per heavy atom. The number of aryl methyl sites for hydroxylation is 1.